The summed E-state index contributed by atoms with van der Waals surface area (Å²) in [6, 6.07) is 5.70. The number of carbonyl (C=O) groups is 1. The molecule has 10 heavy (non-hydrogen) atoms. The van der Waals surface area contributed by atoms with Crippen molar-refractivity contribution in [1.82, 2.24) is 0 Å². The predicted molar refractivity (Wildman–Crippen MR) is 38.2 cm³/mol. The van der Waals surface area contributed by atoms with Crippen LogP contribution >= 0.6 is 0 Å². The van der Waals surface area contributed by atoms with Crippen molar-refractivity contribution in [3.8, 4) is 0 Å². The SMILES string of the molecule is O=CNc1cccc(F)c1.[HH]. The molecule has 0 fully saturated rings. The molecular weight excluding hydrogens is 133 g/mol. The topological polar surface area (TPSA) is 29.1 Å². The molecule has 0 saturated carbocycles. The molecular formula is C7H8FNO. The van der Waals surface area contributed by atoms with Gasteiger partial charge in [0.25, 0.3) is 0 Å². The highest BCUT2D eigenvalue weighted by molar-refractivity contribution is 5.70. The average Bonchev–Trinajstić information content (AvgIpc) is 1.88. The van der Waals surface area contributed by atoms with Gasteiger partial charge in [0.05, 0.1) is 0 Å². The minimum absolute atomic E-state index is 0. The molecule has 0 atom stereocenters. The van der Waals surface area contributed by atoms with Crippen LogP contribution in [0, 0.1) is 5.82 Å². The summed E-state index contributed by atoms with van der Waals surface area (Å²) >= 11 is 0. The van der Waals surface area contributed by atoms with Crippen LogP contribution in [0.2, 0.25) is 0 Å². The maximum Gasteiger partial charge on any atom is 0.211 e. The van der Waals surface area contributed by atoms with Crippen LogP contribution in [0.4, 0.5) is 10.1 Å². The van der Waals surface area contributed by atoms with E-state index >= 15 is 0 Å². The summed E-state index contributed by atoms with van der Waals surface area (Å²) in [5.41, 5.74) is 0.468. The zero-order valence-corrected chi connectivity index (χ0v) is 5.17. The first-order chi connectivity index (χ1) is 4.83. The normalized spacial score (nSPS) is 8.90. The summed E-state index contributed by atoms with van der Waals surface area (Å²) < 4.78 is 12.3. The van der Waals surface area contributed by atoms with E-state index in [-0.39, 0.29) is 7.24 Å². The highest BCUT2D eigenvalue weighted by Gasteiger charge is 1.90. The first-order valence-electron chi connectivity index (χ1n) is 2.78. The lowest BCUT2D eigenvalue weighted by Crippen LogP contribution is -1.92. The van der Waals surface area contributed by atoms with E-state index in [2.05, 4.69) is 5.32 Å². The Balaban J connectivity index is 0.000001000. The van der Waals surface area contributed by atoms with E-state index in [0.29, 0.717) is 12.1 Å². The summed E-state index contributed by atoms with van der Waals surface area (Å²) in [5.74, 6) is -0.355. The van der Waals surface area contributed by atoms with Crippen molar-refractivity contribution in [2.24, 2.45) is 0 Å². The lowest BCUT2D eigenvalue weighted by molar-refractivity contribution is -0.105. The van der Waals surface area contributed by atoms with Gasteiger partial charge in [0.1, 0.15) is 5.82 Å². The van der Waals surface area contributed by atoms with Crippen LogP contribution < -0.4 is 5.32 Å². The molecule has 3 heteroatoms. The Kier molecular flexibility index (Phi) is 1.99. The molecule has 1 aromatic carbocycles. The maximum absolute atomic E-state index is 12.3. The largest absolute Gasteiger partial charge is 0.329 e. The Morgan fingerprint density at radius 3 is 3.00 bits per heavy atom. The summed E-state index contributed by atoms with van der Waals surface area (Å²) in [6.07, 6.45) is 0.509. The van der Waals surface area contributed by atoms with Crippen LogP contribution in [-0.2, 0) is 4.79 Å². The molecule has 0 bridgehead atoms. The molecule has 0 aromatic heterocycles. The fourth-order valence-corrected chi connectivity index (χ4v) is 0.646. The number of carbonyl (C=O) groups excluding carboxylic acids is 1. The van der Waals surface area contributed by atoms with Gasteiger partial charge in [0.15, 0.2) is 0 Å². The molecule has 1 aromatic rings. The molecule has 54 valence electrons. The van der Waals surface area contributed by atoms with Gasteiger partial charge in [-0.3, -0.25) is 4.79 Å². The van der Waals surface area contributed by atoms with Gasteiger partial charge in [-0.15, -0.1) is 0 Å². The minimum atomic E-state index is -0.355. The van der Waals surface area contributed by atoms with E-state index in [1.165, 1.54) is 18.2 Å². The molecule has 0 radical (unpaired) electrons. The Labute approximate surface area is 59.2 Å². The molecule has 0 spiro atoms. The zero-order valence-electron chi connectivity index (χ0n) is 5.17. The molecule has 1 amide bonds. The average molecular weight is 141 g/mol. The Morgan fingerprint density at radius 2 is 2.40 bits per heavy atom. The molecule has 0 unspecified atom stereocenters. The fourth-order valence-electron chi connectivity index (χ4n) is 0.646. The maximum atomic E-state index is 12.3. The van der Waals surface area contributed by atoms with E-state index in [1.807, 2.05) is 0 Å². The smallest absolute Gasteiger partial charge is 0.211 e. The van der Waals surface area contributed by atoms with Gasteiger partial charge in [-0.1, -0.05) is 6.07 Å². The standard InChI is InChI=1S/C7H6FNO.H2/c8-6-2-1-3-7(4-6)9-5-10;/h1-5H,(H,9,10);1H. The number of hydrogen-bond acceptors (Lipinski definition) is 1. The first kappa shape index (κ1) is 6.74. The van der Waals surface area contributed by atoms with E-state index in [0.717, 1.165) is 0 Å². The number of amides is 1. The lowest BCUT2D eigenvalue weighted by Gasteiger charge is -1.95. The van der Waals surface area contributed by atoms with Gasteiger partial charge >= 0.3 is 0 Å². The molecule has 0 aliphatic rings. The quantitative estimate of drug-likeness (QED) is 0.623. The number of hydrogen-bond donors (Lipinski definition) is 1. The summed E-state index contributed by atoms with van der Waals surface area (Å²) in [7, 11) is 0. The third-order valence-corrected chi connectivity index (χ3v) is 1.05. The number of rotatable bonds is 2. The molecule has 1 N–H and O–H groups in total. The van der Waals surface area contributed by atoms with Gasteiger partial charge in [0, 0.05) is 7.11 Å². The van der Waals surface area contributed by atoms with E-state index in [9.17, 15) is 9.18 Å². The molecule has 0 saturated heterocycles. The second-order valence-electron chi connectivity index (χ2n) is 1.77. The molecule has 0 aliphatic carbocycles. The Morgan fingerprint density at radius 1 is 1.60 bits per heavy atom. The molecule has 2 nitrogen and oxygen atoms in total. The third kappa shape index (κ3) is 1.55. The van der Waals surface area contributed by atoms with Crippen LogP contribution in [0.15, 0.2) is 24.3 Å². The van der Waals surface area contributed by atoms with E-state index in [4.69, 9.17) is 0 Å². The van der Waals surface area contributed by atoms with Crippen molar-refractivity contribution in [2.45, 2.75) is 0 Å². The second-order valence-corrected chi connectivity index (χ2v) is 1.77. The number of anilines is 1. The van der Waals surface area contributed by atoms with Crippen molar-refractivity contribution < 1.29 is 10.6 Å². The molecule has 1 rings (SSSR count). The van der Waals surface area contributed by atoms with Crippen LogP contribution in [0.5, 0.6) is 0 Å². The van der Waals surface area contributed by atoms with Crippen LogP contribution in [0.3, 0.4) is 0 Å². The van der Waals surface area contributed by atoms with Crippen LogP contribution in [0.1, 0.15) is 1.43 Å². The van der Waals surface area contributed by atoms with Crippen molar-refractivity contribution in [3.63, 3.8) is 0 Å². The summed E-state index contributed by atoms with van der Waals surface area (Å²) in [4.78, 5) is 9.85. The van der Waals surface area contributed by atoms with Crippen molar-refractivity contribution >= 4 is 12.1 Å². The van der Waals surface area contributed by atoms with Crippen molar-refractivity contribution in [3.05, 3.63) is 30.1 Å². The van der Waals surface area contributed by atoms with Crippen molar-refractivity contribution in [2.75, 3.05) is 5.32 Å². The lowest BCUT2D eigenvalue weighted by atomic mass is 10.3. The molecule has 0 aliphatic heterocycles. The number of benzene rings is 1. The van der Waals surface area contributed by atoms with Gasteiger partial charge in [-0.05, 0) is 18.2 Å². The van der Waals surface area contributed by atoms with E-state index < -0.39 is 0 Å². The van der Waals surface area contributed by atoms with E-state index in [1.54, 1.807) is 6.07 Å². The summed E-state index contributed by atoms with van der Waals surface area (Å²) in [6.45, 7) is 0. The Hall–Kier alpha value is -1.38. The predicted octanol–water partition coefficient (Wildman–Crippen LogP) is 1.64. The number of halogens is 1. The van der Waals surface area contributed by atoms with Gasteiger partial charge in [-0.25, -0.2) is 4.39 Å². The highest BCUT2D eigenvalue weighted by atomic mass is 19.1. The minimum Gasteiger partial charge on any atom is -0.329 e. The third-order valence-electron chi connectivity index (χ3n) is 1.05. The van der Waals surface area contributed by atoms with Gasteiger partial charge < -0.3 is 5.32 Å². The Bertz CT molecular complexity index is 242. The van der Waals surface area contributed by atoms with Crippen LogP contribution in [0.25, 0.3) is 0 Å². The molecule has 0 heterocycles. The van der Waals surface area contributed by atoms with Crippen molar-refractivity contribution in [1.29, 1.82) is 0 Å². The summed E-state index contributed by atoms with van der Waals surface area (Å²) in [5, 5.41) is 2.33. The van der Waals surface area contributed by atoms with Gasteiger partial charge in [-0.2, -0.15) is 0 Å². The first-order valence-corrected chi connectivity index (χ1v) is 2.78. The monoisotopic (exact) mass is 141 g/mol. The second kappa shape index (κ2) is 2.96. The zero-order chi connectivity index (χ0) is 7.40. The number of nitrogens with one attached hydrogen (secondary N) is 1. The highest BCUT2D eigenvalue weighted by Crippen LogP contribution is 2.06. The fraction of sp³-hybridized carbons (Fsp3) is 0. The van der Waals surface area contributed by atoms with Crippen LogP contribution in [-0.4, -0.2) is 6.41 Å². The van der Waals surface area contributed by atoms with Gasteiger partial charge in [0.2, 0.25) is 6.41 Å².